The van der Waals surface area contributed by atoms with Crippen LogP contribution in [0.2, 0.25) is 0 Å². The molecule has 0 bridgehead atoms. The Balaban J connectivity index is 1.79. The summed E-state index contributed by atoms with van der Waals surface area (Å²) in [5.41, 5.74) is 9.19. The summed E-state index contributed by atoms with van der Waals surface area (Å²) in [4.78, 5) is 0. The van der Waals surface area contributed by atoms with Gasteiger partial charge in [-0.25, -0.2) is 0 Å². The molecule has 0 spiro atoms. The van der Waals surface area contributed by atoms with E-state index in [1.165, 1.54) is 12.0 Å². The normalized spacial score (nSPS) is 23.4. The monoisotopic (exact) mass is 248 g/mol. The molecule has 1 aliphatic heterocycles. The number of hydrogen-bond donors (Lipinski definition) is 2. The zero-order valence-electron chi connectivity index (χ0n) is 11.4. The molecule has 3 N–H and O–H groups in total. The van der Waals surface area contributed by atoms with Gasteiger partial charge in [-0.1, -0.05) is 19.1 Å². The van der Waals surface area contributed by atoms with Gasteiger partial charge in [-0.15, -0.1) is 0 Å². The number of anilines is 1. The quantitative estimate of drug-likeness (QED) is 0.787. The molecule has 0 aliphatic carbocycles. The summed E-state index contributed by atoms with van der Waals surface area (Å²) in [5, 5.41) is 3.52. The van der Waals surface area contributed by atoms with E-state index in [-0.39, 0.29) is 0 Å². The van der Waals surface area contributed by atoms with Crippen molar-refractivity contribution in [2.45, 2.75) is 39.3 Å². The first kappa shape index (κ1) is 13.4. The summed E-state index contributed by atoms with van der Waals surface area (Å²) < 4.78 is 5.69. The van der Waals surface area contributed by atoms with Crippen LogP contribution in [-0.4, -0.2) is 19.3 Å². The van der Waals surface area contributed by atoms with Gasteiger partial charge >= 0.3 is 0 Å². The molecule has 100 valence electrons. The zero-order valence-corrected chi connectivity index (χ0v) is 11.4. The van der Waals surface area contributed by atoms with Crippen LogP contribution in [0.5, 0.6) is 0 Å². The lowest BCUT2D eigenvalue weighted by Crippen LogP contribution is -2.27. The lowest BCUT2D eigenvalue weighted by Gasteiger charge is -2.17. The fourth-order valence-corrected chi connectivity index (χ4v) is 2.58. The number of benzene rings is 1. The van der Waals surface area contributed by atoms with Gasteiger partial charge < -0.3 is 15.8 Å². The molecule has 1 aromatic carbocycles. The minimum absolute atomic E-state index is 0.445. The fraction of sp³-hybridized carbons (Fsp3) is 0.600. The predicted molar refractivity (Wildman–Crippen MR) is 75.4 cm³/mol. The van der Waals surface area contributed by atoms with Crippen LogP contribution in [-0.2, 0) is 11.3 Å². The first-order valence-corrected chi connectivity index (χ1v) is 6.88. The SMILES string of the molecule is CCC1OCCC1CNCc1ccc(C)c(N)c1. The van der Waals surface area contributed by atoms with Gasteiger partial charge in [0.2, 0.25) is 0 Å². The number of nitrogens with one attached hydrogen (secondary N) is 1. The third-order valence-corrected chi connectivity index (χ3v) is 3.83. The van der Waals surface area contributed by atoms with Gasteiger partial charge in [0.15, 0.2) is 0 Å². The lowest BCUT2D eigenvalue weighted by molar-refractivity contribution is 0.0872. The van der Waals surface area contributed by atoms with Crippen molar-refractivity contribution in [3.63, 3.8) is 0 Å². The van der Waals surface area contributed by atoms with E-state index in [2.05, 4.69) is 30.4 Å². The topological polar surface area (TPSA) is 47.3 Å². The second-order valence-corrected chi connectivity index (χ2v) is 5.19. The van der Waals surface area contributed by atoms with Gasteiger partial charge in [-0.05, 0) is 42.9 Å². The molecule has 1 heterocycles. The van der Waals surface area contributed by atoms with Crippen molar-refractivity contribution in [3.05, 3.63) is 29.3 Å². The Morgan fingerprint density at radius 2 is 2.28 bits per heavy atom. The number of aryl methyl sites for hydroxylation is 1. The summed E-state index contributed by atoms with van der Waals surface area (Å²) in [5.74, 6) is 0.665. The molecule has 1 fully saturated rings. The third-order valence-electron chi connectivity index (χ3n) is 3.83. The number of hydrogen-bond acceptors (Lipinski definition) is 3. The molecule has 1 aliphatic rings. The van der Waals surface area contributed by atoms with Crippen LogP contribution < -0.4 is 11.1 Å². The van der Waals surface area contributed by atoms with Crippen LogP contribution in [0.4, 0.5) is 5.69 Å². The number of ether oxygens (including phenoxy) is 1. The van der Waals surface area contributed by atoms with Crippen LogP contribution in [0.3, 0.4) is 0 Å². The van der Waals surface area contributed by atoms with E-state index in [0.29, 0.717) is 12.0 Å². The van der Waals surface area contributed by atoms with Crippen molar-refractivity contribution in [1.82, 2.24) is 5.32 Å². The van der Waals surface area contributed by atoms with Crippen LogP contribution >= 0.6 is 0 Å². The standard InChI is InChI=1S/C15H24N2O/c1-3-15-13(6-7-18-15)10-17-9-12-5-4-11(2)14(16)8-12/h4-5,8,13,15,17H,3,6-7,9-10,16H2,1-2H3. The third kappa shape index (κ3) is 3.24. The van der Waals surface area contributed by atoms with Crippen molar-refractivity contribution in [3.8, 4) is 0 Å². The highest BCUT2D eigenvalue weighted by Crippen LogP contribution is 2.22. The maximum atomic E-state index is 5.91. The smallest absolute Gasteiger partial charge is 0.0613 e. The Kier molecular flexibility index (Phi) is 4.61. The molecule has 0 aromatic heterocycles. The van der Waals surface area contributed by atoms with E-state index in [4.69, 9.17) is 10.5 Å². The first-order valence-electron chi connectivity index (χ1n) is 6.88. The Bertz CT molecular complexity index is 392. The molecular formula is C15H24N2O. The number of nitrogens with two attached hydrogens (primary N) is 1. The molecule has 18 heavy (non-hydrogen) atoms. The van der Waals surface area contributed by atoms with E-state index in [1.807, 2.05) is 6.92 Å². The highest BCUT2D eigenvalue weighted by molar-refractivity contribution is 5.48. The van der Waals surface area contributed by atoms with E-state index in [9.17, 15) is 0 Å². The van der Waals surface area contributed by atoms with Gasteiger partial charge in [0.05, 0.1) is 6.10 Å². The highest BCUT2D eigenvalue weighted by Gasteiger charge is 2.25. The summed E-state index contributed by atoms with van der Waals surface area (Å²) in [6.07, 6.45) is 2.74. The molecule has 2 rings (SSSR count). The molecule has 1 saturated heterocycles. The first-order chi connectivity index (χ1) is 8.70. The Morgan fingerprint density at radius 1 is 1.44 bits per heavy atom. The van der Waals surface area contributed by atoms with Crippen LogP contribution in [0.25, 0.3) is 0 Å². The molecule has 0 radical (unpaired) electrons. The fourth-order valence-electron chi connectivity index (χ4n) is 2.58. The molecule has 3 nitrogen and oxygen atoms in total. The van der Waals surface area contributed by atoms with Crippen molar-refractivity contribution in [2.24, 2.45) is 5.92 Å². The maximum Gasteiger partial charge on any atom is 0.0613 e. The van der Waals surface area contributed by atoms with Gasteiger partial charge in [0, 0.05) is 25.4 Å². The molecule has 2 unspecified atom stereocenters. The molecule has 0 saturated carbocycles. The van der Waals surface area contributed by atoms with E-state index < -0.39 is 0 Å². The van der Waals surface area contributed by atoms with E-state index in [0.717, 1.165) is 37.4 Å². The second-order valence-electron chi connectivity index (χ2n) is 5.19. The van der Waals surface area contributed by atoms with Crippen LogP contribution in [0, 0.1) is 12.8 Å². The minimum Gasteiger partial charge on any atom is -0.399 e. The van der Waals surface area contributed by atoms with Gasteiger partial charge in [-0.2, -0.15) is 0 Å². The maximum absolute atomic E-state index is 5.91. The predicted octanol–water partition coefficient (Wildman–Crippen LogP) is 2.48. The van der Waals surface area contributed by atoms with Gasteiger partial charge in [0.25, 0.3) is 0 Å². The summed E-state index contributed by atoms with van der Waals surface area (Å²) in [6, 6.07) is 6.28. The van der Waals surface area contributed by atoms with Gasteiger partial charge in [-0.3, -0.25) is 0 Å². The van der Waals surface area contributed by atoms with Crippen molar-refractivity contribution < 1.29 is 4.74 Å². The van der Waals surface area contributed by atoms with Crippen molar-refractivity contribution >= 4 is 5.69 Å². The Hall–Kier alpha value is -1.06. The van der Waals surface area contributed by atoms with Crippen LogP contribution in [0.15, 0.2) is 18.2 Å². The molecular weight excluding hydrogens is 224 g/mol. The average molecular weight is 248 g/mol. The minimum atomic E-state index is 0.445. The van der Waals surface area contributed by atoms with E-state index in [1.54, 1.807) is 0 Å². The Labute approximate surface area is 110 Å². The number of nitrogen functional groups attached to an aromatic ring is 1. The lowest BCUT2D eigenvalue weighted by atomic mass is 9.99. The summed E-state index contributed by atoms with van der Waals surface area (Å²) in [6.45, 7) is 7.07. The molecule has 3 heteroatoms. The second kappa shape index (κ2) is 6.21. The van der Waals surface area contributed by atoms with Crippen molar-refractivity contribution in [2.75, 3.05) is 18.9 Å². The van der Waals surface area contributed by atoms with Crippen LogP contribution in [0.1, 0.15) is 30.9 Å². The van der Waals surface area contributed by atoms with Gasteiger partial charge in [0.1, 0.15) is 0 Å². The summed E-state index contributed by atoms with van der Waals surface area (Å²) in [7, 11) is 0. The number of rotatable bonds is 5. The summed E-state index contributed by atoms with van der Waals surface area (Å²) >= 11 is 0. The van der Waals surface area contributed by atoms with E-state index >= 15 is 0 Å². The highest BCUT2D eigenvalue weighted by atomic mass is 16.5. The molecule has 2 atom stereocenters. The zero-order chi connectivity index (χ0) is 13.0. The molecule has 1 aromatic rings. The average Bonchev–Trinajstić information content (AvgIpc) is 2.81. The van der Waals surface area contributed by atoms with Crippen molar-refractivity contribution in [1.29, 1.82) is 0 Å². The largest absolute Gasteiger partial charge is 0.399 e. The molecule has 0 amide bonds. The Morgan fingerprint density at radius 3 is 3.00 bits per heavy atom.